The average molecular weight is 561 g/mol. The maximum atomic E-state index is 14.1. The van der Waals surface area contributed by atoms with E-state index in [9.17, 15) is 9.59 Å². The van der Waals surface area contributed by atoms with Gasteiger partial charge in [-0.05, 0) is 40.8 Å². The van der Waals surface area contributed by atoms with Gasteiger partial charge in [0.05, 0.1) is 6.04 Å². The van der Waals surface area contributed by atoms with Gasteiger partial charge in [0.2, 0.25) is 5.82 Å². The summed E-state index contributed by atoms with van der Waals surface area (Å²) in [5.41, 5.74) is 5.06. The minimum atomic E-state index is -0.425. The van der Waals surface area contributed by atoms with E-state index in [2.05, 4.69) is 44.9 Å². The molecule has 10 heteroatoms. The van der Waals surface area contributed by atoms with Crippen LogP contribution < -0.4 is 11.2 Å². The fourth-order valence-corrected chi connectivity index (χ4v) is 5.57. The molecular formula is C32H32N8O2. The zero-order chi connectivity index (χ0) is 29.2. The predicted molar refractivity (Wildman–Crippen MR) is 162 cm³/mol. The second kappa shape index (κ2) is 11.4. The third kappa shape index (κ3) is 4.74. The maximum absolute atomic E-state index is 14.1. The van der Waals surface area contributed by atoms with Crippen molar-refractivity contribution in [3.63, 3.8) is 0 Å². The van der Waals surface area contributed by atoms with Crippen LogP contribution in [0.2, 0.25) is 0 Å². The van der Waals surface area contributed by atoms with E-state index in [4.69, 9.17) is 4.98 Å². The summed E-state index contributed by atoms with van der Waals surface area (Å²) in [6, 6.07) is 25.4. The van der Waals surface area contributed by atoms with E-state index in [0.717, 1.165) is 40.1 Å². The Labute approximate surface area is 242 Å². The van der Waals surface area contributed by atoms with Gasteiger partial charge in [-0.3, -0.25) is 13.9 Å². The zero-order valence-electron chi connectivity index (χ0n) is 23.9. The number of aromatic amines is 1. The molecule has 0 radical (unpaired) electrons. The quantitative estimate of drug-likeness (QED) is 0.271. The Morgan fingerprint density at radius 2 is 1.57 bits per heavy atom. The van der Waals surface area contributed by atoms with Crippen molar-refractivity contribution >= 4 is 11.2 Å². The van der Waals surface area contributed by atoms with Crippen molar-refractivity contribution in [3.8, 4) is 22.5 Å². The van der Waals surface area contributed by atoms with Crippen LogP contribution in [0.25, 0.3) is 33.7 Å². The number of rotatable bonds is 9. The molecule has 212 valence electrons. The van der Waals surface area contributed by atoms with E-state index in [-0.39, 0.29) is 11.2 Å². The van der Waals surface area contributed by atoms with Crippen molar-refractivity contribution < 1.29 is 0 Å². The summed E-state index contributed by atoms with van der Waals surface area (Å²) in [4.78, 5) is 32.7. The van der Waals surface area contributed by atoms with Gasteiger partial charge in [-0.25, -0.2) is 9.78 Å². The number of H-pyrrole nitrogens is 1. The first-order valence-electron chi connectivity index (χ1n) is 14.2. The standard InChI is InChI=1S/C32H32N8O2/c1-4-19-38-30-28(31(41)40(32(38)42)21(3)23-11-7-6-8-12-23)39(27(5-2)33-30)20-22-15-17-24(18-16-22)25-13-9-10-14-26(25)29-34-36-37-35-29/h6-18,21H,4-5,19-20H2,1-3H3,(H,34,35,36,37). The highest BCUT2D eigenvalue weighted by Gasteiger charge is 2.24. The van der Waals surface area contributed by atoms with E-state index >= 15 is 0 Å². The number of hydrogen-bond donors (Lipinski definition) is 1. The van der Waals surface area contributed by atoms with E-state index in [1.54, 1.807) is 4.57 Å². The van der Waals surface area contributed by atoms with Crippen molar-refractivity contribution in [2.45, 2.75) is 52.7 Å². The first-order valence-corrected chi connectivity index (χ1v) is 14.2. The molecule has 0 amide bonds. The van der Waals surface area contributed by atoms with E-state index < -0.39 is 6.04 Å². The maximum Gasteiger partial charge on any atom is 0.333 e. The van der Waals surface area contributed by atoms with Gasteiger partial charge in [0.15, 0.2) is 11.2 Å². The Bertz CT molecular complexity index is 1950. The molecule has 1 unspecified atom stereocenters. The summed E-state index contributed by atoms with van der Waals surface area (Å²) in [6.45, 7) is 6.86. The first kappa shape index (κ1) is 27.1. The normalized spacial score (nSPS) is 12.2. The summed E-state index contributed by atoms with van der Waals surface area (Å²) >= 11 is 0. The van der Waals surface area contributed by atoms with Gasteiger partial charge in [0, 0.05) is 25.1 Å². The predicted octanol–water partition coefficient (Wildman–Crippen LogP) is 4.84. The highest BCUT2D eigenvalue weighted by atomic mass is 16.2. The fraction of sp³-hybridized carbons (Fsp3) is 0.250. The molecule has 3 heterocycles. The molecule has 0 bridgehead atoms. The average Bonchev–Trinajstić information content (AvgIpc) is 3.69. The first-order chi connectivity index (χ1) is 20.5. The molecule has 0 aliphatic rings. The van der Waals surface area contributed by atoms with E-state index in [0.29, 0.717) is 36.5 Å². The summed E-state index contributed by atoms with van der Waals surface area (Å²) in [7, 11) is 0. The highest BCUT2D eigenvalue weighted by Crippen LogP contribution is 2.30. The third-order valence-corrected chi connectivity index (χ3v) is 7.69. The molecule has 3 aromatic heterocycles. The van der Waals surface area contributed by atoms with Crippen molar-refractivity contribution in [2.75, 3.05) is 0 Å². The lowest BCUT2D eigenvalue weighted by Crippen LogP contribution is -2.42. The Balaban J connectivity index is 1.45. The number of hydrogen-bond acceptors (Lipinski definition) is 6. The number of aromatic nitrogens is 8. The topological polar surface area (TPSA) is 116 Å². The lowest BCUT2D eigenvalue weighted by atomic mass is 9.98. The molecule has 1 N–H and O–H groups in total. The van der Waals surface area contributed by atoms with Gasteiger partial charge >= 0.3 is 5.69 Å². The fourth-order valence-electron chi connectivity index (χ4n) is 5.57. The Morgan fingerprint density at radius 3 is 2.24 bits per heavy atom. The molecule has 6 rings (SSSR count). The minimum Gasteiger partial charge on any atom is -0.318 e. The highest BCUT2D eigenvalue weighted by molar-refractivity contribution is 5.80. The Morgan fingerprint density at radius 1 is 0.857 bits per heavy atom. The van der Waals surface area contributed by atoms with Crippen LogP contribution in [0.15, 0.2) is 88.5 Å². The van der Waals surface area contributed by atoms with Gasteiger partial charge in [-0.2, -0.15) is 5.21 Å². The second-order valence-corrected chi connectivity index (χ2v) is 10.3. The summed E-state index contributed by atoms with van der Waals surface area (Å²) < 4.78 is 5.01. The number of nitrogens with one attached hydrogen (secondary N) is 1. The largest absolute Gasteiger partial charge is 0.333 e. The molecule has 1 atom stereocenters. The van der Waals surface area contributed by atoms with Crippen LogP contribution in [0.4, 0.5) is 0 Å². The van der Waals surface area contributed by atoms with Gasteiger partial charge in [0.25, 0.3) is 5.56 Å². The van der Waals surface area contributed by atoms with Gasteiger partial charge < -0.3 is 4.57 Å². The van der Waals surface area contributed by atoms with E-state index in [1.807, 2.05) is 79.9 Å². The Hall–Kier alpha value is -5.12. The van der Waals surface area contributed by atoms with Crippen molar-refractivity contribution in [1.29, 1.82) is 0 Å². The van der Waals surface area contributed by atoms with Crippen LogP contribution >= 0.6 is 0 Å². The zero-order valence-corrected chi connectivity index (χ0v) is 23.9. The van der Waals surface area contributed by atoms with Crippen LogP contribution in [-0.4, -0.2) is 39.3 Å². The monoisotopic (exact) mass is 560 g/mol. The van der Waals surface area contributed by atoms with E-state index in [1.165, 1.54) is 4.57 Å². The van der Waals surface area contributed by atoms with Crippen molar-refractivity contribution in [2.24, 2.45) is 0 Å². The number of aryl methyl sites for hydroxylation is 2. The number of fused-ring (bicyclic) bond motifs is 1. The molecule has 0 aliphatic heterocycles. The lowest BCUT2D eigenvalue weighted by Gasteiger charge is -2.18. The summed E-state index contributed by atoms with van der Waals surface area (Å²) in [6.07, 6.45) is 1.37. The SMILES string of the molecule is CCCn1c(=O)n(C(C)c2ccccc2)c(=O)c2c1nc(CC)n2Cc1ccc(-c2ccccc2-c2nn[nH]n2)cc1. The summed E-state index contributed by atoms with van der Waals surface area (Å²) in [5, 5.41) is 14.5. The van der Waals surface area contributed by atoms with Gasteiger partial charge in [-0.15, -0.1) is 10.2 Å². The number of nitrogens with zero attached hydrogens (tertiary/aromatic N) is 7. The van der Waals surface area contributed by atoms with Crippen molar-refractivity contribution in [1.82, 2.24) is 39.3 Å². The molecule has 0 fully saturated rings. The number of benzene rings is 3. The van der Waals surface area contributed by atoms with Gasteiger partial charge in [-0.1, -0.05) is 92.7 Å². The molecular weight excluding hydrogens is 528 g/mol. The lowest BCUT2D eigenvalue weighted by molar-refractivity contribution is 0.530. The van der Waals surface area contributed by atoms with Crippen LogP contribution in [0.1, 0.15) is 50.2 Å². The number of imidazole rings is 1. The third-order valence-electron chi connectivity index (χ3n) is 7.69. The molecule has 0 spiro atoms. The van der Waals surface area contributed by atoms with Crippen LogP contribution in [-0.2, 0) is 19.5 Å². The number of tetrazole rings is 1. The molecule has 3 aromatic carbocycles. The Kier molecular flexibility index (Phi) is 7.35. The molecule has 0 saturated heterocycles. The minimum absolute atomic E-state index is 0.323. The molecule has 10 nitrogen and oxygen atoms in total. The van der Waals surface area contributed by atoms with Crippen LogP contribution in [0.3, 0.4) is 0 Å². The van der Waals surface area contributed by atoms with Crippen molar-refractivity contribution in [3.05, 3.63) is 117 Å². The van der Waals surface area contributed by atoms with Gasteiger partial charge in [0.1, 0.15) is 5.82 Å². The van der Waals surface area contributed by atoms with Crippen LogP contribution in [0.5, 0.6) is 0 Å². The summed E-state index contributed by atoms with van der Waals surface area (Å²) in [5.74, 6) is 1.30. The smallest absolute Gasteiger partial charge is 0.318 e. The van der Waals surface area contributed by atoms with Crippen LogP contribution in [0, 0.1) is 0 Å². The molecule has 0 aliphatic carbocycles. The molecule has 42 heavy (non-hydrogen) atoms. The molecule has 0 saturated carbocycles. The second-order valence-electron chi connectivity index (χ2n) is 10.3. The molecule has 6 aromatic rings.